The minimum atomic E-state index is -0.519. The lowest BCUT2D eigenvalue weighted by atomic mass is 9.89. The minimum Gasteiger partial charge on any atom is -0.483 e. The van der Waals surface area contributed by atoms with Crippen molar-refractivity contribution in [3.05, 3.63) is 70.8 Å². The van der Waals surface area contributed by atoms with E-state index in [4.69, 9.17) is 9.90 Å². The topological polar surface area (TPSA) is 77.9 Å². The molecule has 0 spiro atoms. The van der Waals surface area contributed by atoms with E-state index in [2.05, 4.69) is 0 Å². The lowest BCUT2D eigenvalue weighted by Gasteiger charge is -2.29. The molecule has 31 heavy (non-hydrogen) atoms. The van der Waals surface area contributed by atoms with Crippen LogP contribution in [-0.4, -0.2) is 52.8 Å². The Bertz CT molecular complexity index is 977. The molecule has 0 unspecified atom stereocenters. The highest BCUT2D eigenvalue weighted by atomic mass is 19.1. The van der Waals surface area contributed by atoms with Gasteiger partial charge in [-0.25, -0.2) is 8.78 Å². The maximum atomic E-state index is 14.3. The Balaban J connectivity index is 0.000000858. The van der Waals surface area contributed by atoms with Crippen molar-refractivity contribution in [1.82, 2.24) is 9.80 Å². The van der Waals surface area contributed by atoms with Crippen LogP contribution < -0.4 is 0 Å². The molecule has 6 nitrogen and oxygen atoms in total. The molecular formula is C23H24F2N2O4. The van der Waals surface area contributed by atoms with Crippen LogP contribution >= 0.6 is 0 Å². The molecule has 1 N–H and O–H groups in total. The fraction of sp³-hybridized carbons (Fsp3) is 0.348. The summed E-state index contributed by atoms with van der Waals surface area (Å²) < 4.78 is 28.1. The van der Waals surface area contributed by atoms with Crippen LogP contribution in [-0.2, 0) is 9.59 Å². The molecule has 0 aromatic heterocycles. The molecule has 2 heterocycles. The number of nitrogens with zero attached hydrogens (tertiary/aromatic N) is 2. The fourth-order valence-corrected chi connectivity index (χ4v) is 4.71. The van der Waals surface area contributed by atoms with E-state index >= 15 is 0 Å². The van der Waals surface area contributed by atoms with Crippen molar-refractivity contribution < 1.29 is 28.3 Å². The average Bonchev–Trinajstić information content (AvgIpc) is 3.26. The van der Waals surface area contributed by atoms with Gasteiger partial charge in [0.05, 0.1) is 11.6 Å². The highest BCUT2D eigenvalue weighted by Crippen LogP contribution is 2.45. The summed E-state index contributed by atoms with van der Waals surface area (Å²) in [5.41, 5.74) is 1.45. The lowest BCUT2D eigenvalue weighted by Crippen LogP contribution is -2.37. The summed E-state index contributed by atoms with van der Waals surface area (Å²) in [4.78, 5) is 36.9. The van der Waals surface area contributed by atoms with Gasteiger partial charge < -0.3 is 14.9 Å². The molecular weight excluding hydrogens is 406 g/mol. The predicted octanol–water partition coefficient (Wildman–Crippen LogP) is 3.27. The number of hydrogen-bond donors (Lipinski definition) is 1. The summed E-state index contributed by atoms with van der Waals surface area (Å²) in [6.07, 6.45) is 0. The normalized spacial score (nSPS) is 21.9. The molecule has 0 radical (unpaired) electrons. The van der Waals surface area contributed by atoms with Crippen molar-refractivity contribution in [2.24, 2.45) is 11.8 Å². The molecule has 2 aromatic carbocycles. The number of hydrogen-bond acceptors (Lipinski definition) is 3. The molecule has 8 heteroatoms. The number of amides is 2. The zero-order valence-corrected chi connectivity index (χ0v) is 17.3. The van der Waals surface area contributed by atoms with E-state index in [1.807, 2.05) is 6.07 Å². The quantitative estimate of drug-likeness (QED) is 0.742. The highest BCUT2D eigenvalue weighted by molar-refractivity contribution is 5.96. The number of carboxylic acid groups (broad SMARTS) is 1. The first-order chi connectivity index (χ1) is 14.8. The molecule has 3 atom stereocenters. The van der Waals surface area contributed by atoms with E-state index in [1.165, 1.54) is 25.1 Å². The van der Waals surface area contributed by atoms with E-state index in [9.17, 15) is 18.4 Å². The summed E-state index contributed by atoms with van der Waals surface area (Å²) in [7, 11) is 0. The van der Waals surface area contributed by atoms with Crippen LogP contribution in [0.1, 0.15) is 34.5 Å². The summed E-state index contributed by atoms with van der Waals surface area (Å²) in [6, 6.07) is 10.6. The van der Waals surface area contributed by atoms with Crippen molar-refractivity contribution in [1.29, 1.82) is 0 Å². The first-order valence-corrected chi connectivity index (χ1v) is 9.93. The first kappa shape index (κ1) is 22.4. The van der Waals surface area contributed by atoms with Gasteiger partial charge >= 0.3 is 0 Å². The van der Waals surface area contributed by atoms with Gasteiger partial charge in [-0.15, -0.1) is 0 Å². The van der Waals surface area contributed by atoms with Gasteiger partial charge in [0, 0.05) is 38.4 Å². The zero-order valence-electron chi connectivity index (χ0n) is 17.3. The van der Waals surface area contributed by atoms with E-state index < -0.39 is 5.82 Å². The number of carbonyl (C=O) groups excluding carboxylic acids is 2. The summed E-state index contributed by atoms with van der Waals surface area (Å²) in [5, 5.41) is 6.89. The Labute approximate surface area is 179 Å². The number of halogens is 2. The molecule has 2 fully saturated rings. The first-order valence-electron chi connectivity index (χ1n) is 9.93. The van der Waals surface area contributed by atoms with Crippen molar-refractivity contribution >= 4 is 18.3 Å². The van der Waals surface area contributed by atoms with E-state index in [0.717, 1.165) is 5.56 Å². The maximum Gasteiger partial charge on any atom is 0.290 e. The molecule has 2 saturated heterocycles. The second-order valence-electron chi connectivity index (χ2n) is 7.84. The number of carbonyl (C=O) groups is 3. The fourth-order valence-electron chi connectivity index (χ4n) is 4.71. The third kappa shape index (κ3) is 4.42. The van der Waals surface area contributed by atoms with Crippen LogP contribution in [0.4, 0.5) is 8.78 Å². The number of benzene rings is 2. The van der Waals surface area contributed by atoms with Crippen LogP contribution in [0.25, 0.3) is 0 Å². The van der Waals surface area contributed by atoms with Gasteiger partial charge in [0.2, 0.25) is 5.91 Å². The summed E-state index contributed by atoms with van der Waals surface area (Å²) in [5.74, 6) is -1.16. The molecule has 2 aliphatic rings. The van der Waals surface area contributed by atoms with Crippen molar-refractivity contribution in [3.63, 3.8) is 0 Å². The zero-order chi connectivity index (χ0) is 22.7. The molecule has 164 valence electrons. The Morgan fingerprint density at radius 2 is 1.77 bits per heavy atom. The molecule has 4 rings (SSSR count). The van der Waals surface area contributed by atoms with Gasteiger partial charge in [-0.3, -0.25) is 14.4 Å². The van der Waals surface area contributed by atoms with Crippen LogP contribution in [0, 0.1) is 30.4 Å². The second kappa shape index (κ2) is 9.24. The summed E-state index contributed by atoms with van der Waals surface area (Å²) >= 11 is 0. The smallest absolute Gasteiger partial charge is 0.290 e. The summed E-state index contributed by atoms with van der Waals surface area (Å²) in [6.45, 7) is 4.38. The molecule has 0 bridgehead atoms. The predicted molar refractivity (Wildman–Crippen MR) is 109 cm³/mol. The SMILES string of the molecule is CC(=O)N1C[C@H]2CN(C(=O)c3c(C)cccc3F)C[C@H]2[C@H]1c1cccc(F)c1.O=CO. The van der Waals surface area contributed by atoms with Gasteiger partial charge in [0.1, 0.15) is 11.6 Å². The Hall–Kier alpha value is -3.29. The van der Waals surface area contributed by atoms with Gasteiger partial charge in [-0.05, 0) is 36.2 Å². The van der Waals surface area contributed by atoms with Crippen molar-refractivity contribution in [2.75, 3.05) is 19.6 Å². The minimum absolute atomic E-state index is 0.00160. The van der Waals surface area contributed by atoms with Crippen LogP contribution in [0.3, 0.4) is 0 Å². The average molecular weight is 430 g/mol. The van der Waals surface area contributed by atoms with Crippen LogP contribution in [0.5, 0.6) is 0 Å². The van der Waals surface area contributed by atoms with Gasteiger partial charge in [0.15, 0.2) is 0 Å². The largest absolute Gasteiger partial charge is 0.483 e. The van der Waals surface area contributed by atoms with Gasteiger partial charge in [-0.1, -0.05) is 24.3 Å². The van der Waals surface area contributed by atoms with Crippen molar-refractivity contribution in [3.8, 4) is 0 Å². The van der Waals surface area contributed by atoms with Crippen LogP contribution in [0.15, 0.2) is 42.5 Å². The van der Waals surface area contributed by atoms with E-state index in [-0.39, 0.29) is 47.5 Å². The molecule has 2 amide bonds. The third-order valence-corrected chi connectivity index (χ3v) is 5.98. The number of aryl methyl sites for hydroxylation is 1. The van der Waals surface area contributed by atoms with E-state index in [1.54, 1.807) is 34.9 Å². The monoisotopic (exact) mass is 430 g/mol. The standard InChI is InChI=1S/C22H22F2N2O2.CH2O2/c1-13-5-3-8-19(24)20(13)22(28)25-10-16-11-26(14(2)27)21(18(16)12-25)15-6-4-7-17(23)9-15;2-1-3/h3-9,16,18,21H,10-12H2,1-2H3;1H,(H,2,3)/t16-,18-,21-;/m1./s1. The Morgan fingerprint density at radius 3 is 2.39 bits per heavy atom. The molecule has 2 aromatic rings. The Kier molecular flexibility index (Phi) is 6.68. The maximum absolute atomic E-state index is 14.3. The molecule has 0 saturated carbocycles. The Morgan fingerprint density at radius 1 is 1.10 bits per heavy atom. The highest BCUT2D eigenvalue weighted by Gasteiger charge is 2.49. The second-order valence-corrected chi connectivity index (χ2v) is 7.84. The number of likely N-dealkylation sites (tertiary alicyclic amines) is 2. The van der Waals surface area contributed by atoms with Crippen LogP contribution in [0.2, 0.25) is 0 Å². The number of rotatable bonds is 2. The van der Waals surface area contributed by atoms with Crippen molar-refractivity contribution in [2.45, 2.75) is 19.9 Å². The third-order valence-electron chi connectivity index (χ3n) is 5.98. The molecule has 2 aliphatic heterocycles. The lowest BCUT2D eigenvalue weighted by molar-refractivity contribution is -0.130. The van der Waals surface area contributed by atoms with Gasteiger partial charge in [-0.2, -0.15) is 0 Å². The molecule has 0 aliphatic carbocycles. The number of fused-ring (bicyclic) bond motifs is 1. The van der Waals surface area contributed by atoms with Gasteiger partial charge in [0.25, 0.3) is 12.4 Å². The van der Waals surface area contributed by atoms with E-state index in [0.29, 0.717) is 25.2 Å².